The Morgan fingerprint density at radius 3 is 2.89 bits per heavy atom. The van der Waals surface area contributed by atoms with Crippen molar-refractivity contribution in [2.24, 2.45) is 0 Å². The summed E-state index contributed by atoms with van der Waals surface area (Å²) in [6.45, 7) is 0.903. The molecule has 1 rings (SSSR count). The molecule has 1 amide bonds. The van der Waals surface area contributed by atoms with Crippen LogP contribution in [-0.4, -0.2) is 34.9 Å². The molecule has 0 aliphatic heterocycles. The highest BCUT2D eigenvalue weighted by Crippen LogP contribution is 2.05. The molecule has 5 heteroatoms. The van der Waals surface area contributed by atoms with Gasteiger partial charge in [0.15, 0.2) is 0 Å². The molecule has 0 aromatic heterocycles. The van der Waals surface area contributed by atoms with Crippen molar-refractivity contribution in [1.29, 1.82) is 0 Å². The summed E-state index contributed by atoms with van der Waals surface area (Å²) in [5.41, 5.74) is -0.776. The third-order valence-electron chi connectivity index (χ3n) is 2.26. The van der Waals surface area contributed by atoms with Gasteiger partial charge in [0.05, 0.1) is 6.61 Å². The molecule has 1 atom stereocenters. The fourth-order valence-corrected chi connectivity index (χ4v) is 1.17. The molecule has 0 aliphatic carbocycles. The Morgan fingerprint density at radius 1 is 1.56 bits per heavy atom. The van der Waals surface area contributed by atoms with Gasteiger partial charge in [-0.15, -0.1) is 0 Å². The van der Waals surface area contributed by atoms with Crippen LogP contribution in [0.25, 0.3) is 6.08 Å². The number of benzene rings is 1. The number of hydrogen-bond donors (Lipinski definition) is 3. The Hall–Kier alpha value is -1.72. The van der Waals surface area contributed by atoms with E-state index in [1.54, 1.807) is 12.1 Å². The zero-order valence-electron chi connectivity index (χ0n) is 10.1. The number of aliphatic hydroxyl groups excluding tert-OH is 1. The summed E-state index contributed by atoms with van der Waals surface area (Å²) in [5, 5.41) is 20.7. The standard InChI is InChI=1S/C13H16FNO3/c1-13(18,9-16)8-15-12(17)6-5-10-3-2-4-11(14)7-10/h2-7,16,18H,8-9H2,1H3,(H,15,17). The molecule has 0 saturated heterocycles. The van der Waals surface area contributed by atoms with Crippen molar-refractivity contribution in [3.05, 3.63) is 41.7 Å². The molecule has 1 aromatic rings. The lowest BCUT2D eigenvalue weighted by Crippen LogP contribution is -2.42. The number of aliphatic hydroxyl groups is 2. The summed E-state index contributed by atoms with van der Waals surface area (Å²) in [4.78, 5) is 11.4. The molecule has 98 valence electrons. The lowest BCUT2D eigenvalue weighted by atomic mass is 10.1. The Morgan fingerprint density at radius 2 is 2.28 bits per heavy atom. The smallest absolute Gasteiger partial charge is 0.244 e. The molecule has 0 spiro atoms. The van der Waals surface area contributed by atoms with Crippen molar-refractivity contribution in [3.63, 3.8) is 0 Å². The topological polar surface area (TPSA) is 69.6 Å². The average molecular weight is 253 g/mol. The molecule has 0 saturated carbocycles. The van der Waals surface area contributed by atoms with Gasteiger partial charge in [-0.3, -0.25) is 4.79 Å². The first-order chi connectivity index (χ1) is 8.43. The van der Waals surface area contributed by atoms with Crippen molar-refractivity contribution in [3.8, 4) is 0 Å². The monoisotopic (exact) mass is 253 g/mol. The molecule has 18 heavy (non-hydrogen) atoms. The molecule has 4 nitrogen and oxygen atoms in total. The van der Waals surface area contributed by atoms with E-state index >= 15 is 0 Å². The van der Waals surface area contributed by atoms with Crippen molar-refractivity contribution in [2.75, 3.05) is 13.2 Å². The highest BCUT2D eigenvalue weighted by molar-refractivity contribution is 5.91. The average Bonchev–Trinajstić information content (AvgIpc) is 2.34. The number of rotatable bonds is 5. The molecule has 0 aliphatic rings. The van der Waals surface area contributed by atoms with Crippen LogP contribution in [0.5, 0.6) is 0 Å². The van der Waals surface area contributed by atoms with Crippen molar-refractivity contribution >= 4 is 12.0 Å². The van der Waals surface area contributed by atoms with Gasteiger partial charge in [0.1, 0.15) is 11.4 Å². The third-order valence-corrected chi connectivity index (χ3v) is 2.26. The van der Waals surface area contributed by atoms with E-state index in [0.717, 1.165) is 0 Å². The van der Waals surface area contributed by atoms with Crippen LogP contribution in [0.2, 0.25) is 0 Å². The van der Waals surface area contributed by atoms with E-state index in [0.29, 0.717) is 5.56 Å². The second-order valence-corrected chi connectivity index (χ2v) is 4.26. The van der Waals surface area contributed by atoms with Crippen LogP contribution in [-0.2, 0) is 4.79 Å². The fraction of sp³-hybridized carbons (Fsp3) is 0.308. The Kier molecular flexibility index (Phi) is 5.00. The lowest BCUT2D eigenvalue weighted by Gasteiger charge is -2.19. The van der Waals surface area contributed by atoms with E-state index in [1.165, 1.54) is 31.2 Å². The first-order valence-corrected chi connectivity index (χ1v) is 5.48. The summed E-state index contributed by atoms with van der Waals surface area (Å²) < 4.78 is 12.8. The maximum atomic E-state index is 12.8. The zero-order chi connectivity index (χ0) is 13.6. The summed E-state index contributed by atoms with van der Waals surface area (Å²) in [6, 6.07) is 5.82. The van der Waals surface area contributed by atoms with Gasteiger partial charge in [-0.1, -0.05) is 12.1 Å². The third kappa shape index (κ3) is 5.07. The normalized spacial score (nSPS) is 14.4. The van der Waals surface area contributed by atoms with Gasteiger partial charge in [-0.25, -0.2) is 4.39 Å². The predicted molar refractivity (Wildman–Crippen MR) is 66.2 cm³/mol. The van der Waals surface area contributed by atoms with E-state index in [9.17, 15) is 14.3 Å². The number of amides is 1. The van der Waals surface area contributed by atoms with Crippen LogP contribution >= 0.6 is 0 Å². The summed E-state index contributed by atoms with van der Waals surface area (Å²) in [7, 11) is 0. The Balaban J connectivity index is 2.50. The van der Waals surface area contributed by atoms with Crippen molar-refractivity contribution in [1.82, 2.24) is 5.32 Å². The molecular weight excluding hydrogens is 237 g/mol. The minimum absolute atomic E-state index is 0.0597. The van der Waals surface area contributed by atoms with Gasteiger partial charge in [-0.05, 0) is 30.7 Å². The summed E-state index contributed by atoms with van der Waals surface area (Å²) >= 11 is 0. The lowest BCUT2D eigenvalue weighted by molar-refractivity contribution is -0.117. The summed E-state index contributed by atoms with van der Waals surface area (Å²) in [5.74, 6) is -0.797. The first kappa shape index (κ1) is 14.3. The van der Waals surface area contributed by atoms with Crippen LogP contribution in [0.1, 0.15) is 12.5 Å². The van der Waals surface area contributed by atoms with Crippen LogP contribution in [0.3, 0.4) is 0 Å². The van der Waals surface area contributed by atoms with E-state index in [4.69, 9.17) is 5.11 Å². The SMILES string of the molecule is CC(O)(CO)CNC(=O)C=Cc1cccc(F)c1. The van der Waals surface area contributed by atoms with Gasteiger partial charge in [0.2, 0.25) is 5.91 Å². The number of hydrogen-bond acceptors (Lipinski definition) is 3. The van der Waals surface area contributed by atoms with E-state index in [-0.39, 0.29) is 12.4 Å². The van der Waals surface area contributed by atoms with Crippen LogP contribution < -0.4 is 5.32 Å². The predicted octanol–water partition coefficient (Wildman–Crippen LogP) is 0.698. The van der Waals surface area contributed by atoms with Crippen molar-refractivity contribution < 1.29 is 19.4 Å². The molecule has 0 fully saturated rings. The highest BCUT2D eigenvalue weighted by Gasteiger charge is 2.18. The van der Waals surface area contributed by atoms with Crippen LogP contribution in [0.15, 0.2) is 30.3 Å². The Labute approximate surface area is 105 Å². The van der Waals surface area contributed by atoms with Crippen LogP contribution in [0, 0.1) is 5.82 Å². The van der Waals surface area contributed by atoms with Crippen molar-refractivity contribution in [2.45, 2.75) is 12.5 Å². The minimum Gasteiger partial charge on any atom is -0.393 e. The summed E-state index contributed by atoms with van der Waals surface area (Å²) in [6.07, 6.45) is 2.70. The van der Waals surface area contributed by atoms with Gasteiger partial charge in [0, 0.05) is 12.6 Å². The molecular formula is C13H16FNO3. The number of nitrogens with one attached hydrogen (secondary N) is 1. The molecule has 0 radical (unpaired) electrons. The zero-order valence-corrected chi connectivity index (χ0v) is 10.1. The molecule has 1 unspecified atom stereocenters. The van der Waals surface area contributed by atoms with Crippen LogP contribution in [0.4, 0.5) is 4.39 Å². The highest BCUT2D eigenvalue weighted by atomic mass is 19.1. The largest absolute Gasteiger partial charge is 0.393 e. The maximum absolute atomic E-state index is 12.8. The quantitative estimate of drug-likeness (QED) is 0.676. The van der Waals surface area contributed by atoms with E-state index in [2.05, 4.69) is 5.32 Å². The first-order valence-electron chi connectivity index (χ1n) is 5.48. The van der Waals surface area contributed by atoms with E-state index < -0.39 is 18.1 Å². The minimum atomic E-state index is -1.34. The molecule has 0 heterocycles. The van der Waals surface area contributed by atoms with Gasteiger partial charge in [0.25, 0.3) is 0 Å². The van der Waals surface area contributed by atoms with E-state index in [1.807, 2.05) is 0 Å². The second-order valence-electron chi connectivity index (χ2n) is 4.26. The fourth-order valence-electron chi connectivity index (χ4n) is 1.17. The molecule has 1 aromatic carbocycles. The van der Waals surface area contributed by atoms with Gasteiger partial charge >= 0.3 is 0 Å². The second kappa shape index (κ2) is 6.28. The number of carbonyl (C=O) groups excluding carboxylic acids is 1. The number of carbonyl (C=O) groups is 1. The van der Waals surface area contributed by atoms with Gasteiger partial charge < -0.3 is 15.5 Å². The molecule has 0 bridgehead atoms. The number of halogens is 1. The molecule has 3 N–H and O–H groups in total. The Bertz CT molecular complexity index is 444. The maximum Gasteiger partial charge on any atom is 0.244 e. The van der Waals surface area contributed by atoms with Gasteiger partial charge in [-0.2, -0.15) is 0 Å².